The van der Waals surface area contributed by atoms with E-state index in [0.29, 0.717) is 0 Å². The van der Waals surface area contributed by atoms with Gasteiger partial charge in [-0.2, -0.15) is 18.4 Å². The van der Waals surface area contributed by atoms with Crippen LogP contribution in [0.2, 0.25) is 10.2 Å². The van der Waals surface area contributed by atoms with Crippen LogP contribution in [0, 0.1) is 11.3 Å². The summed E-state index contributed by atoms with van der Waals surface area (Å²) in [4.78, 5) is 3.06. The molecule has 0 bridgehead atoms. The normalized spacial score (nSPS) is 11.3. The number of hydrogen-bond donors (Lipinski definition) is 0. The first kappa shape index (κ1) is 12.6. The summed E-state index contributed by atoms with van der Waals surface area (Å²) >= 11 is 13.7. The molecular formula is C7BrCl2F3N2. The van der Waals surface area contributed by atoms with Crippen LogP contribution in [0.1, 0.15) is 11.3 Å². The highest BCUT2D eigenvalue weighted by molar-refractivity contribution is 9.10. The number of nitriles is 1. The third-order valence-electron chi connectivity index (χ3n) is 1.42. The molecule has 15 heavy (non-hydrogen) atoms. The van der Waals surface area contributed by atoms with E-state index in [-0.39, 0.29) is 4.47 Å². The van der Waals surface area contributed by atoms with Crippen LogP contribution in [0.4, 0.5) is 13.2 Å². The Hall–Kier alpha value is -0.510. The molecule has 0 atom stereocenters. The molecule has 0 aliphatic heterocycles. The van der Waals surface area contributed by atoms with E-state index in [0.717, 1.165) is 0 Å². The van der Waals surface area contributed by atoms with Gasteiger partial charge in [-0.25, -0.2) is 4.98 Å². The summed E-state index contributed by atoms with van der Waals surface area (Å²) in [5.41, 5.74) is -2.14. The quantitative estimate of drug-likeness (QED) is 0.677. The summed E-state index contributed by atoms with van der Waals surface area (Å²) in [5, 5.41) is 7.70. The smallest absolute Gasteiger partial charge is 0.229 e. The van der Waals surface area contributed by atoms with E-state index in [9.17, 15) is 13.2 Å². The SMILES string of the molecule is N#Cc1c(C(F)(F)F)nc(Cl)c(Br)c1Cl. The van der Waals surface area contributed by atoms with Crippen molar-refractivity contribution in [1.29, 1.82) is 5.26 Å². The van der Waals surface area contributed by atoms with Crippen LogP contribution in [0.3, 0.4) is 0 Å². The van der Waals surface area contributed by atoms with Crippen molar-refractivity contribution in [3.05, 3.63) is 25.9 Å². The van der Waals surface area contributed by atoms with Gasteiger partial charge in [0.05, 0.1) is 9.50 Å². The molecule has 1 aromatic rings. The molecule has 2 nitrogen and oxygen atoms in total. The topological polar surface area (TPSA) is 36.7 Å². The molecule has 1 heterocycles. The van der Waals surface area contributed by atoms with E-state index in [4.69, 9.17) is 28.5 Å². The van der Waals surface area contributed by atoms with Gasteiger partial charge in [-0.3, -0.25) is 0 Å². The molecule has 0 aliphatic rings. The number of aromatic nitrogens is 1. The van der Waals surface area contributed by atoms with Gasteiger partial charge in [-0.05, 0) is 15.9 Å². The van der Waals surface area contributed by atoms with Crippen molar-refractivity contribution < 1.29 is 13.2 Å². The number of pyridine rings is 1. The van der Waals surface area contributed by atoms with Crippen molar-refractivity contribution in [2.24, 2.45) is 0 Å². The van der Waals surface area contributed by atoms with Crippen molar-refractivity contribution in [2.45, 2.75) is 6.18 Å². The fraction of sp³-hybridized carbons (Fsp3) is 0.143. The lowest BCUT2D eigenvalue weighted by atomic mass is 10.2. The standard InChI is InChI=1S/C7BrCl2F3N2/c8-3-4(9)2(1-14)5(7(11,12)13)15-6(3)10. The minimum absolute atomic E-state index is 0.0321. The summed E-state index contributed by atoms with van der Waals surface area (Å²) < 4.78 is 37.1. The number of hydrogen-bond acceptors (Lipinski definition) is 2. The second-order valence-electron chi connectivity index (χ2n) is 2.36. The summed E-state index contributed by atoms with van der Waals surface area (Å²) in [6.45, 7) is 0. The molecule has 1 aromatic heterocycles. The highest BCUT2D eigenvalue weighted by Crippen LogP contribution is 2.39. The van der Waals surface area contributed by atoms with Gasteiger partial charge in [-0.1, -0.05) is 23.2 Å². The predicted molar refractivity (Wildman–Crippen MR) is 51.7 cm³/mol. The molecule has 0 N–H and O–H groups in total. The first-order chi connectivity index (χ1) is 6.79. The Morgan fingerprint density at radius 2 is 1.87 bits per heavy atom. The van der Waals surface area contributed by atoms with Crippen LogP contribution in [0.15, 0.2) is 4.47 Å². The molecule has 80 valence electrons. The summed E-state index contributed by atoms with van der Waals surface area (Å²) in [5.74, 6) is 0. The maximum absolute atomic E-state index is 12.4. The van der Waals surface area contributed by atoms with Crippen molar-refractivity contribution >= 4 is 39.1 Å². The van der Waals surface area contributed by atoms with E-state index in [1.807, 2.05) is 0 Å². The van der Waals surface area contributed by atoms with Gasteiger partial charge in [0, 0.05) is 0 Å². The van der Waals surface area contributed by atoms with Gasteiger partial charge in [-0.15, -0.1) is 0 Å². The van der Waals surface area contributed by atoms with E-state index in [1.54, 1.807) is 0 Å². The number of alkyl halides is 3. The maximum atomic E-state index is 12.4. The monoisotopic (exact) mass is 318 g/mol. The average molecular weight is 320 g/mol. The van der Waals surface area contributed by atoms with Crippen LogP contribution in [0.5, 0.6) is 0 Å². The third-order valence-corrected chi connectivity index (χ3v) is 3.30. The molecule has 0 saturated carbocycles. The Morgan fingerprint density at radius 1 is 1.33 bits per heavy atom. The molecule has 0 fully saturated rings. The van der Waals surface area contributed by atoms with Crippen LogP contribution in [-0.4, -0.2) is 4.98 Å². The highest BCUT2D eigenvalue weighted by atomic mass is 79.9. The zero-order chi connectivity index (χ0) is 11.8. The Balaban J connectivity index is 3.62. The largest absolute Gasteiger partial charge is 0.434 e. The molecule has 8 heteroatoms. The second kappa shape index (κ2) is 4.16. The van der Waals surface area contributed by atoms with Crippen LogP contribution in [0.25, 0.3) is 0 Å². The lowest BCUT2D eigenvalue weighted by Crippen LogP contribution is -2.11. The molecule has 1 rings (SSSR count). The maximum Gasteiger partial charge on any atom is 0.434 e. The molecular weight excluding hydrogens is 320 g/mol. The average Bonchev–Trinajstić information content (AvgIpc) is 2.12. The molecule has 0 aromatic carbocycles. The molecule has 0 spiro atoms. The molecule has 0 amide bonds. The van der Waals surface area contributed by atoms with Crippen LogP contribution in [-0.2, 0) is 6.18 Å². The first-order valence-electron chi connectivity index (χ1n) is 3.30. The number of nitrogens with zero attached hydrogens (tertiary/aromatic N) is 2. The molecule has 0 radical (unpaired) electrons. The van der Waals surface area contributed by atoms with E-state index in [1.165, 1.54) is 6.07 Å². The summed E-state index contributed by atoms with van der Waals surface area (Å²) in [6.07, 6.45) is -4.76. The van der Waals surface area contributed by atoms with Crippen molar-refractivity contribution in [1.82, 2.24) is 4.98 Å². The minimum atomic E-state index is -4.76. The van der Waals surface area contributed by atoms with Gasteiger partial charge in [0.25, 0.3) is 0 Å². The van der Waals surface area contributed by atoms with Gasteiger partial charge in [0.1, 0.15) is 16.8 Å². The lowest BCUT2D eigenvalue weighted by Gasteiger charge is -2.10. The van der Waals surface area contributed by atoms with Gasteiger partial charge in [0.2, 0.25) is 0 Å². The van der Waals surface area contributed by atoms with Gasteiger partial charge in [0.15, 0.2) is 5.69 Å². The number of halogens is 6. The van der Waals surface area contributed by atoms with Crippen molar-refractivity contribution in [3.8, 4) is 6.07 Å². The van der Waals surface area contributed by atoms with E-state index < -0.39 is 27.6 Å². The van der Waals surface area contributed by atoms with Crippen LogP contribution >= 0.6 is 39.1 Å². The fourth-order valence-electron chi connectivity index (χ4n) is 0.815. The zero-order valence-electron chi connectivity index (χ0n) is 6.66. The Labute approximate surface area is 101 Å². The lowest BCUT2D eigenvalue weighted by molar-refractivity contribution is -0.141. The predicted octanol–water partition coefficient (Wildman–Crippen LogP) is 4.04. The van der Waals surface area contributed by atoms with E-state index in [2.05, 4.69) is 20.9 Å². The zero-order valence-corrected chi connectivity index (χ0v) is 9.76. The van der Waals surface area contributed by atoms with Gasteiger partial charge >= 0.3 is 6.18 Å². The summed E-state index contributed by atoms with van der Waals surface area (Å²) in [6, 6.07) is 1.34. The van der Waals surface area contributed by atoms with Gasteiger partial charge < -0.3 is 0 Å². The van der Waals surface area contributed by atoms with E-state index >= 15 is 0 Å². The fourth-order valence-corrected chi connectivity index (χ4v) is 1.55. The molecule has 0 aliphatic carbocycles. The number of rotatable bonds is 0. The van der Waals surface area contributed by atoms with Crippen molar-refractivity contribution in [3.63, 3.8) is 0 Å². The summed E-state index contributed by atoms with van der Waals surface area (Å²) in [7, 11) is 0. The minimum Gasteiger partial charge on any atom is -0.229 e. The second-order valence-corrected chi connectivity index (χ2v) is 3.89. The molecule has 0 saturated heterocycles. The van der Waals surface area contributed by atoms with Crippen molar-refractivity contribution in [2.75, 3.05) is 0 Å². The Bertz CT molecular complexity index is 453. The highest BCUT2D eigenvalue weighted by Gasteiger charge is 2.38. The third kappa shape index (κ3) is 2.36. The Morgan fingerprint density at radius 3 is 2.27 bits per heavy atom. The first-order valence-corrected chi connectivity index (χ1v) is 4.85. The van der Waals surface area contributed by atoms with Crippen LogP contribution < -0.4 is 0 Å². The Kier molecular flexibility index (Phi) is 3.48. The molecule has 0 unspecified atom stereocenters.